The van der Waals surface area contributed by atoms with E-state index < -0.39 is 11.9 Å². The number of carbonyl (C=O) groups excluding carboxylic acids is 2. The van der Waals surface area contributed by atoms with Crippen LogP contribution in [0.15, 0.2) is 71.1 Å². The molecule has 2 aromatic carbocycles. The van der Waals surface area contributed by atoms with Crippen molar-refractivity contribution in [3.05, 3.63) is 82.2 Å². The zero-order chi connectivity index (χ0) is 21.8. The first-order valence-corrected chi connectivity index (χ1v) is 10.5. The first-order chi connectivity index (χ1) is 15.1. The summed E-state index contributed by atoms with van der Waals surface area (Å²) in [6, 6.07) is 16.2. The van der Waals surface area contributed by atoms with Crippen LogP contribution in [0.4, 0.5) is 5.69 Å². The van der Waals surface area contributed by atoms with Gasteiger partial charge in [-0.1, -0.05) is 42.5 Å². The van der Waals surface area contributed by atoms with E-state index in [9.17, 15) is 14.4 Å². The highest BCUT2D eigenvalue weighted by atomic mass is 32.1. The summed E-state index contributed by atoms with van der Waals surface area (Å²) in [5.41, 5.74) is 1.99. The molecule has 31 heavy (non-hydrogen) atoms. The number of hydrogen-bond acceptors (Lipinski definition) is 6. The molecule has 7 nitrogen and oxygen atoms in total. The lowest BCUT2D eigenvalue weighted by Crippen LogP contribution is -2.28. The number of anilines is 1. The summed E-state index contributed by atoms with van der Waals surface area (Å²) < 4.78 is 6.30. The number of ether oxygens (including phenoxy) is 1. The highest BCUT2D eigenvalue weighted by Crippen LogP contribution is 2.30. The Labute approximate surface area is 181 Å². The first kappa shape index (κ1) is 20.5. The van der Waals surface area contributed by atoms with Crippen LogP contribution < -0.4 is 10.9 Å². The number of para-hydroxylation sites is 1. The molecule has 1 amide bonds. The summed E-state index contributed by atoms with van der Waals surface area (Å²) in [5, 5.41) is 5.07. The lowest BCUT2D eigenvalue weighted by atomic mass is 10.1. The molecule has 8 heteroatoms. The van der Waals surface area contributed by atoms with Crippen LogP contribution in [0, 0.1) is 0 Å². The van der Waals surface area contributed by atoms with E-state index in [1.54, 1.807) is 31.2 Å². The molecule has 0 aliphatic carbocycles. The molecule has 4 rings (SSSR count). The van der Waals surface area contributed by atoms with Gasteiger partial charge in [-0.3, -0.25) is 14.2 Å². The maximum absolute atomic E-state index is 13.1. The average Bonchev–Trinajstić information content (AvgIpc) is 3.22. The van der Waals surface area contributed by atoms with Crippen molar-refractivity contribution in [3.63, 3.8) is 0 Å². The predicted octanol–water partition coefficient (Wildman–Crippen LogP) is 3.94. The van der Waals surface area contributed by atoms with Gasteiger partial charge < -0.3 is 10.1 Å². The van der Waals surface area contributed by atoms with Gasteiger partial charge in [0, 0.05) is 10.9 Å². The molecule has 2 aromatic heterocycles. The fraction of sp³-hybridized carbons (Fsp3) is 0.130. The average molecular weight is 433 g/mol. The number of nitrogens with zero attached hydrogens (tertiary/aromatic N) is 2. The molecule has 156 valence electrons. The van der Waals surface area contributed by atoms with Gasteiger partial charge in [0.1, 0.15) is 11.4 Å². The smallest absolute Gasteiger partial charge is 0.340 e. The van der Waals surface area contributed by atoms with Crippen LogP contribution in [-0.4, -0.2) is 28.0 Å². The van der Waals surface area contributed by atoms with E-state index in [1.165, 1.54) is 22.2 Å². The summed E-state index contributed by atoms with van der Waals surface area (Å²) in [5.74, 6) is -0.971. The third kappa shape index (κ3) is 4.24. The van der Waals surface area contributed by atoms with E-state index in [-0.39, 0.29) is 24.3 Å². The molecule has 1 N–H and O–H groups in total. The number of fused-ring (bicyclic) bond motifs is 1. The van der Waals surface area contributed by atoms with Crippen molar-refractivity contribution in [2.24, 2.45) is 0 Å². The highest BCUT2D eigenvalue weighted by Gasteiger charge is 2.17. The zero-order valence-corrected chi connectivity index (χ0v) is 17.5. The van der Waals surface area contributed by atoms with Crippen molar-refractivity contribution in [2.75, 3.05) is 11.9 Å². The van der Waals surface area contributed by atoms with Gasteiger partial charge in [-0.15, -0.1) is 11.3 Å². The fourth-order valence-corrected chi connectivity index (χ4v) is 4.14. The number of amides is 1. The Bertz CT molecular complexity index is 1310. The van der Waals surface area contributed by atoms with Crippen molar-refractivity contribution < 1.29 is 14.3 Å². The van der Waals surface area contributed by atoms with E-state index in [2.05, 4.69) is 10.3 Å². The van der Waals surface area contributed by atoms with Crippen molar-refractivity contribution in [2.45, 2.75) is 13.5 Å². The van der Waals surface area contributed by atoms with Crippen molar-refractivity contribution in [1.29, 1.82) is 0 Å². The van der Waals surface area contributed by atoms with E-state index in [0.29, 0.717) is 15.9 Å². The van der Waals surface area contributed by atoms with Crippen molar-refractivity contribution in [1.82, 2.24) is 9.55 Å². The van der Waals surface area contributed by atoms with Crippen LogP contribution in [-0.2, 0) is 16.1 Å². The summed E-state index contributed by atoms with van der Waals surface area (Å²) >= 11 is 1.39. The summed E-state index contributed by atoms with van der Waals surface area (Å²) in [4.78, 5) is 42.8. The number of rotatable bonds is 6. The molecule has 0 aliphatic rings. The molecular weight excluding hydrogens is 414 g/mol. The van der Waals surface area contributed by atoms with Gasteiger partial charge in [-0.05, 0) is 24.6 Å². The minimum atomic E-state index is -0.524. The number of thiophene rings is 1. The van der Waals surface area contributed by atoms with Crippen LogP contribution in [0.1, 0.15) is 17.3 Å². The van der Waals surface area contributed by atoms with Gasteiger partial charge in [-0.2, -0.15) is 0 Å². The Morgan fingerprint density at radius 3 is 2.61 bits per heavy atom. The second kappa shape index (κ2) is 8.93. The number of nitrogens with one attached hydrogen (secondary N) is 1. The van der Waals surface area contributed by atoms with Crippen LogP contribution in [0.2, 0.25) is 0 Å². The lowest BCUT2D eigenvalue weighted by Gasteiger charge is -2.11. The van der Waals surface area contributed by atoms with Gasteiger partial charge in [0.25, 0.3) is 5.56 Å². The van der Waals surface area contributed by atoms with Gasteiger partial charge in [0.2, 0.25) is 5.91 Å². The number of carbonyl (C=O) groups is 2. The van der Waals surface area contributed by atoms with Crippen molar-refractivity contribution in [3.8, 4) is 11.1 Å². The monoisotopic (exact) mass is 433 g/mol. The third-order valence-electron chi connectivity index (χ3n) is 4.66. The van der Waals surface area contributed by atoms with Crippen LogP contribution in [0.25, 0.3) is 21.3 Å². The molecular formula is C23H19N3O4S. The largest absolute Gasteiger partial charge is 0.462 e. The minimum Gasteiger partial charge on any atom is -0.462 e. The number of aromatic nitrogens is 2. The SMILES string of the molecule is CCOC(=O)c1ccccc1NC(=O)Cn1cnc2scc(-c3ccccc3)c2c1=O. The summed E-state index contributed by atoms with van der Waals surface area (Å²) in [7, 11) is 0. The normalized spacial score (nSPS) is 10.7. The predicted molar refractivity (Wildman–Crippen MR) is 120 cm³/mol. The van der Waals surface area contributed by atoms with Gasteiger partial charge in [0.15, 0.2) is 0 Å². The molecule has 0 aliphatic heterocycles. The molecule has 0 saturated carbocycles. The van der Waals surface area contributed by atoms with E-state index in [1.807, 2.05) is 35.7 Å². The van der Waals surface area contributed by atoms with E-state index >= 15 is 0 Å². The Morgan fingerprint density at radius 1 is 1.10 bits per heavy atom. The van der Waals surface area contributed by atoms with Gasteiger partial charge >= 0.3 is 5.97 Å². The fourth-order valence-electron chi connectivity index (χ4n) is 3.23. The molecule has 0 radical (unpaired) electrons. The Morgan fingerprint density at radius 2 is 1.84 bits per heavy atom. The molecule has 4 aromatic rings. The summed E-state index contributed by atoms with van der Waals surface area (Å²) in [6.07, 6.45) is 1.37. The second-order valence-corrected chi connectivity index (χ2v) is 7.55. The number of hydrogen-bond donors (Lipinski definition) is 1. The molecule has 0 unspecified atom stereocenters. The van der Waals surface area contributed by atoms with Crippen LogP contribution >= 0.6 is 11.3 Å². The highest BCUT2D eigenvalue weighted by molar-refractivity contribution is 7.17. The topological polar surface area (TPSA) is 90.3 Å². The van der Waals surface area contributed by atoms with E-state index in [0.717, 1.165) is 11.1 Å². The Balaban J connectivity index is 1.61. The zero-order valence-electron chi connectivity index (χ0n) is 16.7. The molecule has 2 heterocycles. The number of esters is 1. The maximum atomic E-state index is 13.1. The minimum absolute atomic E-state index is 0.229. The Kier molecular flexibility index (Phi) is 5.90. The standard InChI is InChI=1S/C23H19N3O4S/c1-2-30-23(29)16-10-6-7-11-18(16)25-19(27)12-26-14-24-21-20(22(26)28)17(13-31-21)15-8-4-3-5-9-15/h3-11,13-14H,2,12H2,1H3,(H,25,27). The second-order valence-electron chi connectivity index (χ2n) is 6.69. The number of benzene rings is 2. The van der Waals surface area contributed by atoms with Gasteiger partial charge in [0.05, 0.1) is 29.6 Å². The van der Waals surface area contributed by atoms with Crippen LogP contribution in [0.3, 0.4) is 0 Å². The van der Waals surface area contributed by atoms with E-state index in [4.69, 9.17) is 4.74 Å². The molecule has 0 atom stereocenters. The first-order valence-electron chi connectivity index (χ1n) is 9.66. The quantitative estimate of drug-likeness (QED) is 0.465. The van der Waals surface area contributed by atoms with Crippen LogP contribution in [0.5, 0.6) is 0 Å². The molecule has 0 bridgehead atoms. The third-order valence-corrected chi connectivity index (χ3v) is 5.54. The molecule has 0 saturated heterocycles. The Hall–Kier alpha value is -3.78. The lowest BCUT2D eigenvalue weighted by molar-refractivity contribution is -0.116. The molecule has 0 fully saturated rings. The summed E-state index contributed by atoms with van der Waals surface area (Å²) in [6.45, 7) is 1.71. The molecule has 0 spiro atoms. The van der Waals surface area contributed by atoms with Gasteiger partial charge in [-0.25, -0.2) is 9.78 Å². The maximum Gasteiger partial charge on any atom is 0.340 e. The van der Waals surface area contributed by atoms with Crippen molar-refractivity contribution >= 4 is 39.1 Å².